The molecule has 2 aliphatic heterocycles. The summed E-state index contributed by atoms with van der Waals surface area (Å²) in [5, 5.41) is 2.09. The molecule has 3 heterocycles. The molecule has 4 rings (SSSR count). The van der Waals surface area contributed by atoms with Crippen molar-refractivity contribution in [1.29, 1.82) is 0 Å². The van der Waals surface area contributed by atoms with Crippen molar-refractivity contribution >= 4 is 5.70 Å². The lowest BCUT2D eigenvalue weighted by Gasteiger charge is -2.41. The Morgan fingerprint density at radius 2 is 1.96 bits per heavy atom. The van der Waals surface area contributed by atoms with Crippen molar-refractivity contribution in [2.75, 3.05) is 13.1 Å². The van der Waals surface area contributed by atoms with Gasteiger partial charge in [-0.25, -0.2) is 4.98 Å². The van der Waals surface area contributed by atoms with Gasteiger partial charge in [0.25, 0.3) is 0 Å². The fourth-order valence-corrected chi connectivity index (χ4v) is 3.80. The fourth-order valence-electron chi connectivity index (χ4n) is 3.80. The quantitative estimate of drug-likeness (QED) is 0.875. The van der Waals surface area contributed by atoms with Gasteiger partial charge in [-0.1, -0.05) is 6.42 Å². The van der Waals surface area contributed by atoms with Crippen molar-refractivity contribution in [2.45, 2.75) is 64.1 Å². The van der Waals surface area contributed by atoms with Gasteiger partial charge in [0.05, 0.1) is 5.70 Å². The van der Waals surface area contributed by atoms with Gasteiger partial charge >= 0.3 is 0 Å². The SMILES string of the molecule is CC(C)N1C=CC=C(c2ccc(OC3CCN(C4CCC4)CC3)nc2)N1. The molecule has 1 aromatic rings. The highest BCUT2D eigenvalue weighted by Crippen LogP contribution is 2.28. The Kier molecular flexibility index (Phi) is 5.16. The molecular formula is C21H30N4O. The number of nitrogens with one attached hydrogen (secondary N) is 1. The lowest BCUT2D eigenvalue weighted by Crippen LogP contribution is -2.46. The van der Waals surface area contributed by atoms with E-state index >= 15 is 0 Å². The van der Waals surface area contributed by atoms with Gasteiger partial charge < -0.3 is 9.64 Å². The zero-order valence-corrected chi connectivity index (χ0v) is 15.9. The van der Waals surface area contributed by atoms with Crippen LogP contribution in [-0.4, -0.2) is 46.2 Å². The highest BCUT2D eigenvalue weighted by molar-refractivity contribution is 5.65. The summed E-state index contributed by atoms with van der Waals surface area (Å²) in [6.45, 7) is 6.65. The molecule has 140 valence electrons. The first-order valence-corrected chi connectivity index (χ1v) is 9.99. The van der Waals surface area contributed by atoms with Crippen molar-refractivity contribution in [2.24, 2.45) is 0 Å². The number of rotatable bonds is 5. The van der Waals surface area contributed by atoms with E-state index in [1.54, 1.807) is 0 Å². The molecule has 26 heavy (non-hydrogen) atoms. The van der Waals surface area contributed by atoms with Crippen LogP contribution in [0.4, 0.5) is 0 Å². The van der Waals surface area contributed by atoms with Crippen LogP contribution in [0.3, 0.4) is 0 Å². The van der Waals surface area contributed by atoms with Crippen LogP contribution >= 0.6 is 0 Å². The summed E-state index contributed by atoms with van der Waals surface area (Å²) in [5.41, 5.74) is 5.56. The number of hydrogen-bond acceptors (Lipinski definition) is 5. The summed E-state index contributed by atoms with van der Waals surface area (Å²) in [6, 6.07) is 5.33. The van der Waals surface area contributed by atoms with E-state index in [-0.39, 0.29) is 0 Å². The Hall–Kier alpha value is -2.01. The number of ether oxygens (including phenoxy) is 1. The lowest BCUT2D eigenvalue weighted by atomic mass is 9.90. The Balaban J connectivity index is 1.31. The summed E-state index contributed by atoms with van der Waals surface area (Å²) in [6.07, 6.45) is 14.8. The molecule has 0 unspecified atom stereocenters. The van der Waals surface area contributed by atoms with E-state index < -0.39 is 0 Å². The van der Waals surface area contributed by atoms with Gasteiger partial charge in [-0.3, -0.25) is 10.4 Å². The summed E-state index contributed by atoms with van der Waals surface area (Å²) >= 11 is 0. The average Bonchev–Trinajstić information content (AvgIpc) is 2.63. The third kappa shape index (κ3) is 3.88. The Bertz CT molecular complexity index is 655. The second-order valence-electron chi connectivity index (χ2n) is 7.86. The third-order valence-electron chi connectivity index (χ3n) is 5.72. The maximum atomic E-state index is 6.13. The molecule has 3 aliphatic rings. The van der Waals surface area contributed by atoms with Gasteiger partial charge in [-0.2, -0.15) is 0 Å². The summed E-state index contributed by atoms with van der Waals surface area (Å²) in [7, 11) is 0. The number of likely N-dealkylation sites (tertiary alicyclic amines) is 1. The molecule has 1 N–H and O–H groups in total. The second-order valence-corrected chi connectivity index (χ2v) is 7.86. The fraction of sp³-hybridized carbons (Fsp3) is 0.571. The van der Waals surface area contributed by atoms with Gasteiger partial charge in [-0.15, -0.1) is 0 Å². The van der Waals surface area contributed by atoms with Crippen molar-refractivity contribution in [3.05, 3.63) is 42.2 Å². The van der Waals surface area contributed by atoms with Gasteiger partial charge in [-0.05, 0) is 57.7 Å². The summed E-state index contributed by atoms with van der Waals surface area (Å²) in [4.78, 5) is 7.19. The topological polar surface area (TPSA) is 40.6 Å². The molecular weight excluding hydrogens is 324 g/mol. The van der Waals surface area contributed by atoms with Crippen LogP contribution < -0.4 is 10.2 Å². The van der Waals surface area contributed by atoms with Crippen LogP contribution in [0.15, 0.2) is 36.7 Å². The highest BCUT2D eigenvalue weighted by atomic mass is 16.5. The largest absolute Gasteiger partial charge is 0.474 e. The van der Waals surface area contributed by atoms with Crippen LogP contribution in [0.25, 0.3) is 5.70 Å². The van der Waals surface area contributed by atoms with Crippen molar-refractivity contribution in [1.82, 2.24) is 20.3 Å². The first-order valence-electron chi connectivity index (χ1n) is 9.99. The van der Waals surface area contributed by atoms with Crippen LogP contribution in [0.5, 0.6) is 5.88 Å². The Morgan fingerprint density at radius 3 is 2.58 bits per heavy atom. The van der Waals surface area contributed by atoms with Crippen molar-refractivity contribution < 1.29 is 4.74 Å². The van der Waals surface area contributed by atoms with Crippen LogP contribution in [0.2, 0.25) is 0 Å². The normalized spacial score (nSPS) is 22.1. The third-order valence-corrected chi connectivity index (χ3v) is 5.72. The molecule has 1 saturated heterocycles. The van der Waals surface area contributed by atoms with E-state index in [0.29, 0.717) is 12.1 Å². The molecule has 0 radical (unpaired) electrons. The minimum atomic E-state index is 0.302. The molecule has 0 amide bonds. The van der Waals surface area contributed by atoms with E-state index in [1.165, 1.54) is 32.4 Å². The van der Waals surface area contributed by atoms with E-state index in [4.69, 9.17) is 4.74 Å². The van der Waals surface area contributed by atoms with Crippen LogP contribution in [0.1, 0.15) is 51.5 Å². The molecule has 2 fully saturated rings. The van der Waals surface area contributed by atoms with Gasteiger partial charge in [0.2, 0.25) is 5.88 Å². The predicted octanol–water partition coefficient (Wildman–Crippen LogP) is 3.56. The number of nitrogens with zero attached hydrogens (tertiary/aromatic N) is 3. The van der Waals surface area contributed by atoms with E-state index in [1.807, 2.05) is 12.3 Å². The highest BCUT2D eigenvalue weighted by Gasteiger charge is 2.29. The number of pyridine rings is 1. The maximum absolute atomic E-state index is 6.13. The summed E-state index contributed by atoms with van der Waals surface area (Å²) < 4.78 is 6.13. The smallest absolute Gasteiger partial charge is 0.213 e. The van der Waals surface area contributed by atoms with Crippen LogP contribution in [0, 0.1) is 0 Å². The second kappa shape index (κ2) is 7.70. The van der Waals surface area contributed by atoms with Crippen molar-refractivity contribution in [3.63, 3.8) is 0 Å². The summed E-state index contributed by atoms with van der Waals surface area (Å²) in [5.74, 6) is 0.739. The number of aromatic nitrogens is 1. The number of piperidine rings is 1. The van der Waals surface area contributed by atoms with Gasteiger partial charge in [0.1, 0.15) is 6.10 Å². The average molecular weight is 354 g/mol. The molecule has 5 heteroatoms. The lowest BCUT2D eigenvalue weighted by molar-refractivity contribution is 0.0475. The maximum Gasteiger partial charge on any atom is 0.213 e. The van der Waals surface area contributed by atoms with E-state index in [9.17, 15) is 0 Å². The van der Waals surface area contributed by atoms with E-state index in [2.05, 4.69) is 58.6 Å². The monoisotopic (exact) mass is 354 g/mol. The molecule has 1 aliphatic carbocycles. The minimum absolute atomic E-state index is 0.302. The standard InChI is InChI=1S/C21H30N4O/c1-16(2)25-12-4-7-20(23-25)17-8-9-21(22-15-17)26-19-10-13-24(14-11-19)18-5-3-6-18/h4,7-9,12,15-16,18-19,23H,3,5-6,10-11,13-14H2,1-2H3. The zero-order chi connectivity index (χ0) is 17.9. The first-order chi connectivity index (χ1) is 12.7. The molecule has 0 bridgehead atoms. The molecule has 1 saturated carbocycles. The number of hydrazine groups is 1. The first kappa shape index (κ1) is 17.4. The van der Waals surface area contributed by atoms with Gasteiger partial charge in [0, 0.05) is 49.2 Å². The predicted molar refractivity (Wildman–Crippen MR) is 104 cm³/mol. The molecule has 0 aromatic carbocycles. The van der Waals surface area contributed by atoms with E-state index in [0.717, 1.165) is 36.0 Å². The minimum Gasteiger partial charge on any atom is -0.474 e. The Labute approximate surface area is 156 Å². The zero-order valence-electron chi connectivity index (χ0n) is 15.9. The number of hydrogen-bond donors (Lipinski definition) is 1. The van der Waals surface area contributed by atoms with Crippen LogP contribution in [-0.2, 0) is 0 Å². The van der Waals surface area contributed by atoms with Gasteiger partial charge in [0.15, 0.2) is 0 Å². The molecule has 0 spiro atoms. The molecule has 5 nitrogen and oxygen atoms in total. The van der Waals surface area contributed by atoms with Crippen molar-refractivity contribution in [3.8, 4) is 5.88 Å². The number of allylic oxidation sites excluding steroid dienone is 2. The molecule has 0 atom stereocenters. The Morgan fingerprint density at radius 1 is 1.15 bits per heavy atom. The molecule has 1 aromatic heterocycles.